The Labute approximate surface area is 161 Å². The molecule has 0 radical (unpaired) electrons. The summed E-state index contributed by atoms with van der Waals surface area (Å²) in [5.41, 5.74) is 3.43. The first-order valence-electron chi connectivity index (χ1n) is 9.19. The molecule has 0 unspecified atom stereocenters. The van der Waals surface area contributed by atoms with E-state index in [1.807, 2.05) is 67.7 Å². The number of pyridine rings is 1. The van der Waals surface area contributed by atoms with Crippen LogP contribution in [-0.2, 0) is 17.8 Å². The Hall–Kier alpha value is -3.14. The van der Waals surface area contributed by atoms with Crippen molar-refractivity contribution < 1.29 is 4.79 Å². The summed E-state index contributed by atoms with van der Waals surface area (Å²) in [6, 6.07) is 24.3. The highest BCUT2D eigenvalue weighted by Crippen LogP contribution is 2.17. The van der Waals surface area contributed by atoms with Crippen LogP contribution >= 0.6 is 0 Å². The van der Waals surface area contributed by atoms with Gasteiger partial charge in [0.05, 0.1) is 6.54 Å². The van der Waals surface area contributed by atoms with Crippen LogP contribution < -0.4 is 4.90 Å². The molecule has 3 aromatic rings. The highest BCUT2D eigenvalue weighted by atomic mass is 16.2. The first-order chi connectivity index (χ1) is 13.2. The molecule has 2 aromatic carbocycles. The number of hydrogen-bond acceptors (Lipinski definition) is 3. The molecule has 0 aliphatic rings. The zero-order valence-corrected chi connectivity index (χ0v) is 15.7. The number of likely N-dealkylation sites (N-methyl/N-ethyl adjacent to an activating group) is 1. The maximum absolute atomic E-state index is 12.8. The largest absolute Gasteiger partial charge is 0.358 e. The lowest BCUT2D eigenvalue weighted by Gasteiger charge is -2.27. The van der Waals surface area contributed by atoms with Crippen molar-refractivity contribution >= 4 is 11.6 Å². The normalized spacial score (nSPS) is 10.4. The second kappa shape index (κ2) is 9.53. The predicted octanol–water partition coefficient (Wildman–Crippen LogP) is 3.79. The van der Waals surface area contributed by atoms with Crippen LogP contribution in [0.2, 0.25) is 0 Å². The van der Waals surface area contributed by atoms with Gasteiger partial charge in [-0.05, 0) is 41.8 Å². The van der Waals surface area contributed by atoms with Gasteiger partial charge in [0, 0.05) is 38.2 Å². The van der Waals surface area contributed by atoms with Gasteiger partial charge in [-0.1, -0.05) is 48.5 Å². The van der Waals surface area contributed by atoms with Crippen molar-refractivity contribution in [3.8, 4) is 0 Å². The van der Waals surface area contributed by atoms with Crippen LogP contribution in [0.25, 0.3) is 0 Å². The quantitative estimate of drug-likeness (QED) is 0.614. The van der Waals surface area contributed by atoms with E-state index in [1.54, 1.807) is 17.3 Å². The summed E-state index contributed by atoms with van der Waals surface area (Å²) in [5.74, 6) is 0.115. The molecule has 1 heterocycles. The van der Waals surface area contributed by atoms with E-state index >= 15 is 0 Å². The molecule has 138 valence electrons. The van der Waals surface area contributed by atoms with E-state index in [0.717, 1.165) is 12.1 Å². The van der Waals surface area contributed by atoms with Gasteiger partial charge in [-0.25, -0.2) is 0 Å². The lowest BCUT2D eigenvalue weighted by molar-refractivity contribution is -0.128. The molecule has 4 nitrogen and oxygen atoms in total. The number of nitrogens with zero attached hydrogens (tertiary/aromatic N) is 3. The van der Waals surface area contributed by atoms with Crippen molar-refractivity contribution in [2.75, 3.05) is 25.0 Å². The Kier molecular flexibility index (Phi) is 6.58. The number of carbonyl (C=O) groups excluding carboxylic acids is 1. The van der Waals surface area contributed by atoms with E-state index in [9.17, 15) is 4.79 Å². The van der Waals surface area contributed by atoms with Crippen molar-refractivity contribution in [2.24, 2.45) is 0 Å². The van der Waals surface area contributed by atoms with Crippen LogP contribution in [-0.4, -0.2) is 35.9 Å². The number of benzene rings is 2. The van der Waals surface area contributed by atoms with Gasteiger partial charge < -0.3 is 9.80 Å². The number of aromatic nitrogens is 1. The molecular weight excluding hydrogens is 334 g/mol. The number of para-hydroxylation sites is 1. The third-order valence-corrected chi connectivity index (χ3v) is 4.57. The molecule has 4 heteroatoms. The summed E-state index contributed by atoms with van der Waals surface area (Å²) >= 11 is 0. The fourth-order valence-electron chi connectivity index (χ4n) is 2.94. The van der Waals surface area contributed by atoms with Crippen LogP contribution in [0.4, 0.5) is 5.69 Å². The van der Waals surface area contributed by atoms with Crippen molar-refractivity contribution in [1.82, 2.24) is 9.88 Å². The van der Waals surface area contributed by atoms with E-state index in [4.69, 9.17) is 0 Å². The first-order valence-corrected chi connectivity index (χ1v) is 9.19. The molecule has 0 spiro atoms. The molecule has 3 rings (SSSR count). The van der Waals surface area contributed by atoms with Crippen LogP contribution in [0.1, 0.15) is 11.1 Å². The summed E-state index contributed by atoms with van der Waals surface area (Å²) in [5, 5.41) is 0. The maximum Gasteiger partial charge on any atom is 0.241 e. The molecule has 1 aromatic heterocycles. The summed E-state index contributed by atoms with van der Waals surface area (Å²) in [6.45, 7) is 1.75. The molecule has 0 N–H and O–H groups in total. The van der Waals surface area contributed by atoms with Crippen LogP contribution in [0.5, 0.6) is 0 Å². The second-order valence-electron chi connectivity index (χ2n) is 6.60. The minimum absolute atomic E-state index is 0.115. The van der Waals surface area contributed by atoms with Crippen molar-refractivity contribution in [2.45, 2.75) is 13.0 Å². The standard InChI is InChI=1S/C23H25N3O/c1-25(17-14-20-12-15-24-16-13-20)23(27)19-26(22-10-6-3-7-11-22)18-21-8-4-2-5-9-21/h2-13,15-16H,14,17-19H2,1H3. The molecule has 0 aliphatic carbocycles. The summed E-state index contributed by atoms with van der Waals surface area (Å²) in [4.78, 5) is 20.8. The van der Waals surface area contributed by atoms with Crippen LogP contribution in [0, 0.1) is 0 Å². The zero-order valence-electron chi connectivity index (χ0n) is 15.7. The topological polar surface area (TPSA) is 36.4 Å². The highest BCUT2D eigenvalue weighted by molar-refractivity contribution is 5.81. The lowest BCUT2D eigenvalue weighted by atomic mass is 10.2. The molecule has 0 saturated heterocycles. The van der Waals surface area contributed by atoms with Crippen molar-refractivity contribution in [3.05, 3.63) is 96.3 Å². The van der Waals surface area contributed by atoms with E-state index in [-0.39, 0.29) is 5.91 Å². The van der Waals surface area contributed by atoms with Gasteiger partial charge in [0.25, 0.3) is 0 Å². The third kappa shape index (κ3) is 5.68. The van der Waals surface area contributed by atoms with Gasteiger partial charge in [0.1, 0.15) is 0 Å². The second-order valence-corrected chi connectivity index (χ2v) is 6.60. The molecular formula is C23H25N3O. The Morgan fingerprint density at radius 1 is 0.852 bits per heavy atom. The Morgan fingerprint density at radius 3 is 2.15 bits per heavy atom. The SMILES string of the molecule is CN(CCc1ccncc1)C(=O)CN(Cc1ccccc1)c1ccccc1. The minimum Gasteiger partial charge on any atom is -0.358 e. The fraction of sp³-hybridized carbons (Fsp3) is 0.217. The highest BCUT2D eigenvalue weighted by Gasteiger charge is 2.15. The molecule has 0 fully saturated rings. The average molecular weight is 359 g/mol. The molecule has 1 amide bonds. The number of hydrogen-bond donors (Lipinski definition) is 0. The number of amides is 1. The summed E-state index contributed by atoms with van der Waals surface area (Å²) < 4.78 is 0. The van der Waals surface area contributed by atoms with E-state index < -0.39 is 0 Å². The van der Waals surface area contributed by atoms with Crippen LogP contribution in [0.15, 0.2) is 85.2 Å². The van der Waals surface area contributed by atoms with Gasteiger partial charge in [0.15, 0.2) is 0 Å². The third-order valence-electron chi connectivity index (χ3n) is 4.57. The first kappa shape index (κ1) is 18.6. The minimum atomic E-state index is 0.115. The fourth-order valence-corrected chi connectivity index (χ4v) is 2.94. The monoisotopic (exact) mass is 359 g/mol. The molecule has 27 heavy (non-hydrogen) atoms. The van der Waals surface area contributed by atoms with Crippen molar-refractivity contribution in [3.63, 3.8) is 0 Å². The molecule has 0 atom stereocenters. The Morgan fingerprint density at radius 2 is 1.48 bits per heavy atom. The summed E-state index contributed by atoms with van der Waals surface area (Å²) in [7, 11) is 1.87. The molecule has 0 bridgehead atoms. The average Bonchev–Trinajstić information content (AvgIpc) is 2.73. The zero-order chi connectivity index (χ0) is 18.9. The molecule has 0 saturated carbocycles. The van der Waals surface area contributed by atoms with Gasteiger partial charge in [-0.3, -0.25) is 9.78 Å². The van der Waals surface area contributed by atoms with Gasteiger partial charge in [0.2, 0.25) is 5.91 Å². The number of carbonyl (C=O) groups is 1. The van der Waals surface area contributed by atoms with E-state index in [0.29, 0.717) is 19.6 Å². The van der Waals surface area contributed by atoms with E-state index in [2.05, 4.69) is 22.0 Å². The predicted molar refractivity (Wildman–Crippen MR) is 110 cm³/mol. The summed E-state index contributed by atoms with van der Waals surface area (Å²) in [6.07, 6.45) is 4.40. The Balaban J connectivity index is 1.64. The Bertz CT molecular complexity index is 822. The smallest absolute Gasteiger partial charge is 0.241 e. The molecule has 0 aliphatic heterocycles. The van der Waals surface area contributed by atoms with Gasteiger partial charge in [-0.2, -0.15) is 0 Å². The van der Waals surface area contributed by atoms with E-state index in [1.165, 1.54) is 11.1 Å². The van der Waals surface area contributed by atoms with Gasteiger partial charge >= 0.3 is 0 Å². The number of rotatable bonds is 8. The van der Waals surface area contributed by atoms with Crippen molar-refractivity contribution in [1.29, 1.82) is 0 Å². The van der Waals surface area contributed by atoms with Gasteiger partial charge in [-0.15, -0.1) is 0 Å². The maximum atomic E-state index is 12.8. The lowest BCUT2D eigenvalue weighted by Crippen LogP contribution is -2.39. The van der Waals surface area contributed by atoms with Crippen LogP contribution in [0.3, 0.4) is 0 Å². The number of anilines is 1.